The highest BCUT2D eigenvalue weighted by Gasteiger charge is 2.27. The van der Waals surface area contributed by atoms with Crippen LogP contribution in [0.4, 0.5) is 0 Å². The van der Waals surface area contributed by atoms with Crippen molar-refractivity contribution >= 4 is 27.3 Å². The normalized spacial score (nSPS) is 15.4. The first kappa shape index (κ1) is 14.2. The second-order valence-corrected chi connectivity index (χ2v) is 5.70. The molecule has 1 aromatic rings. The lowest BCUT2D eigenvalue weighted by molar-refractivity contribution is 0.00454. The predicted molar refractivity (Wildman–Crippen MR) is 74.1 cm³/mol. The average Bonchev–Trinajstić information content (AvgIpc) is 2.65. The molecule has 2 atom stereocenters. The van der Waals surface area contributed by atoms with Crippen molar-refractivity contribution in [2.24, 2.45) is 5.92 Å². The predicted octanol–water partition coefficient (Wildman–Crippen LogP) is 3.83. The van der Waals surface area contributed by atoms with E-state index in [2.05, 4.69) is 45.9 Å². The summed E-state index contributed by atoms with van der Waals surface area (Å²) >= 11 is 5.31. The molecule has 16 heavy (non-hydrogen) atoms. The number of hydrogen-bond donors (Lipinski definition) is 1. The van der Waals surface area contributed by atoms with Gasteiger partial charge in [0.25, 0.3) is 0 Å². The number of nitrogens with one attached hydrogen (secondary N) is 1. The fraction of sp³-hybridized carbons (Fsp3) is 0.667. The van der Waals surface area contributed by atoms with Gasteiger partial charge >= 0.3 is 0 Å². The van der Waals surface area contributed by atoms with Crippen LogP contribution < -0.4 is 5.32 Å². The molecule has 1 aromatic heterocycles. The van der Waals surface area contributed by atoms with Crippen LogP contribution in [0, 0.1) is 5.92 Å². The maximum absolute atomic E-state index is 5.86. The van der Waals surface area contributed by atoms with Gasteiger partial charge in [-0.1, -0.05) is 13.8 Å². The van der Waals surface area contributed by atoms with E-state index >= 15 is 0 Å². The molecule has 0 aliphatic rings. The van der Waals surface area contributed by atoms with Gasteiger partial charge in [0.1, 0.15) is 0 Å². The van der Waals surface area contributed by atoms with E-state index in [1.54, 1.807) is 11.3 Å². The Bertz CT molecular complexity index is 314. The molecule has 2 unspecified atom stereocenters. The largest absolute Gasteiger partial charge is 0.376 e. The minimum absolute atomic E-state index is 0.209. The summed E-state index contributed by atoms with van der Waals surface area (Å²) in [6.45, 7) is 7.20. The van der Waals surface area contributed by atoms with Crippen molar-refractivity contribution < 1.29 is 4.74 Å². The van der Waals surface area contributed by atoms with Crippen LogP contribution in [-0.2, 0) is 4.74 Å². The standard InChI is InChI=1S/C12H20BrNOS/c1-5-15-12(8(2)3)11(14-4)9-6-16-7-10(9)13/h6-8,11-12,14H,5H2,1-4H3. The highest BCUT2D eigenvalue weighted by atomic mass is 79.9. The summed E-state index contributed by atoms with van der Waals surface area (Å²) in [5, 5.41) is 7.66. The lowest BCUT2D eigenvalue weighted by atomic mass is 9.95. The summed E-state index contributed by atoms with van der Waals surface area (Å²) < 4.78 is 7.03. The minimum Gasteiger partial charge on any atom is -0.376 e. The number of rotatable bonds is 6. The quantitative estimate of drug-likeness (QED) is 0.862. The molecule has 92 valence electrons. The van der Waals surface area contributed by atoms with Crippen LogP contribution >= 0.6 is 27.3 Å². The molecule has 0 aliphatic heterocycles. The zero-order valence-corrected chi connectivity index (χ0v) is 12.7. The van der Waals surface area contributed by atoms with Gasteiger partial charge in [0.2, 0.25) is 0 Å². The summed E-state index contributed by atoms with van der Waals surface area (Å²) in [5.74, 6) is 0.490. The number of hydrogen-bond acceptors (Lipinski definition) is 3. The van der Waals surface area contributed by atoms with Gasteiger partial charge in [0, 0.05) is 16.5 Å². The Morgan fingerprint density at radius 2 is 2.12 bits per heavy atom. The maximum Gasteiger partial charge on any atom is 0.0792 e. The molecule has 2 nitrogen and oxygen atoms in total. The van der Waals surface area contributed by atoms with Gasteiger partial charge in [-0.15, -0.1) is 0 Å². The summed E-state index contributed by atoms with van der Waals surface area (Å²) in [7, 11) is 1.99. The Morgan fingerprint density at radius 3 is 2.50 bits per heavy atom. The molecule has 0 bridgehead atoms. The molecule has 1 N–H and O–H groups in total. The molecule has 0 amide bonds. The fourth-order valence-electron chi connectivity index (χ4n) is 1.88. The van der Waals surface area contributed by atoms with Crippen LogP contribution in [-0.4, -0.2) is 19.8 Å². The highest BCUT2D eigenvalue weighted by Crippen LogP contribution is 2.32. The molecule has 0 spiro atoms. The van der Waals surface area contributed by atoms with Gasteiger partial charge in [0.15, 0.2) is 0 Å². The van der Waals surface area contributed by atoms with Crippen molar-refractivity contribution in [2.45, 2.75) is 32.9 Å². The topological polar surface area (TPSA) is 21.3 Å². The van der Waals surface area contributed by atoms with Crippen LogP contribution in [0.1, 0.15) is 32.4 Å². The monoisotopic (exact) mass is 305 g/mol. The van der Waals surface area contributed by atoms with E-state index in [9.17, 15) is 0 Å². The first-order valence-corrected chi connectivity index (χ1v) is 7.35. The van der Waals surface area contributed by atoms with Gasteiger partial charge < -0.3 is 10.1 Å². The molecule has 0 radical (unpaired) electrons. The van der Waals surface area contributed by atoms with Crippen LogP contribution in [0.3, 0.4) is 0 Å². The number of ether oxygens (including phenoxy) is 1. The lowest BCUT2D eigenvalue weighted by Crippen LogP contribution is -2.35. The van der Waals surface area contributed by atoms with Crippen LogP contribution in [0.15, 0.2) is 15.2 Å². The summed E-state index contributed by atoms with van der Waals surface area (Å²) in [4.78, 5) is 0. The highest BCUT2D eigenvalue weighted by molar-refractivity contribution is 9.10. The van der Waals surface area contributed by atoms with E-state index in [4.69, 9.17) is 4.74 Å². The molecular weight excluding hydrogens is 286 g/mol. The van der Waals surface area contributed by atoms with Gasteiger partial charge in [0.05, 0.1) is 12.1 Å². The Kier molecular flexibility index (Phi) is 5.97. The fourth-order valence-corrected chi connectivity index (χ4v) is 3.46. The van der Waals surface area contributed by atoms with Gasteiger partial charge in [-0.2, -0.15) is 11.3 Å². The molecule has 0 aromatic carbocycles. The summed E-state index contributed by atoms with van der Waals surface area (Å²) in [5.41, 5.74) is 1.29. The number of thiophene rings is 1. The molecule has 0 saturated carbocycles. The van der Waals surface area contributed by atoms with E-state index in [1.807, 2.05) is 14.0 Å². The van der Waals surface area contributed by atoms with Crippen LogP contribution in [0.5, 0.6) is 0 Å². The zero-order chi connectivity index (χ0) is 12.1. The van der Waals surface area contributed by atoms with Crippen molar-refractivity contribution in [1.82, 2.24) is 5.32 Å². The molecule has 0 fully saturated rings. The van der Waals surface area contributed by atoms with Gasteiger partial charge in [-0.05, 0) is 46.8 Å². The third-order valence-corrected chi connectivity index (χ3v) is 4.38. The summed E-state index contributed by atoms with van der Waals surface area (Å²) in [6, 6.07) is 0.251. The zero-order valence-electron chi connectivity index (χ0n) is 10.3. The average molecular weight is 306 g/mol. The second kappa shape index (κ2) is 6.74. The minimum atomic E-state index is 0.209. The maximum atomic E-state index is 5.86. The Morgan fingerprint density at radius 1 is 1.44 bits per heavy atom. The number of halogens is 1. The molecule has 0 saturated heterocycles. The molecule has 0 aliphatic carbocycles. The second-order valence-electron chi connectivity index (χ2n) is 4.11. The van der Waals surface area contributed by atoms with Gasteiger partial charge in [-0.25, -0.2) is 0 Å². The van der Waals surface area contributed by atoms with E-state index in [0.29, 0.717) is 5.92 Å². The first-order chi connectivity index (χ1) is 7.61. The Labute approximate surface area is 111 Å². The Hall–Kier alpha value is 0.100. The van der Waals surface area contributed by atoms with E-state index in [-0.39, 0.29) is 12.1 Å². The molecular formula is C12H20BrNOS. The van der Waals surface area contributed by atoms with Crippen LogP contribution in [0.2, 0.25) is 0 Å². The molecule has 4 heteroatoms. The molecule has 1 rings (SSSR count). The van der Waals surface area contributed by atoms with Crippen LogP contribution in [0.25, 0.3) is 0 Å². The van der Waals surface area contributed by atoms with E-state index in [0.717, 1.165) is 6.61 Å². The van der Waals surface area contributed by atoms with Crippen molar-refractivity contribution in [3.63, 3.8) is 0 Å². The van der Waals surface area contributed by atoms with E-state index in [1.165, 1.54) is 10.0 Å². The number of likely N-dealkylation sites (N-methyl/N-ethyl adjacent to an activating group) is 1. The first-order valence-electron chi connectivity index (χ1n) is 5.62. The summed E-state index contributed by atoms with van der Waals surface area (Å²) in [6.07, 6.45) is 0.209. The third kappa shape index (κ3) is 3.29. The van der Waals surface area contributed by atoms with E-state index < -0.39 is 0 Å². The van der Waals surface area contributed by atoms with Crippen molar-refractivity contribution in [3.05, 3.63) is 20.8 Å². The van der Waals surface area contributed by atoms with Crippen molar-refractivity contribution in [3.8, 4) is 0 Å². The van der Waals surface area contributed by atoms with Gasteiger partial charge in [-0.3, -0.25) is 0 Å². The Balaban J connectivity index is 2.90. The van der Waals surface area contributed by atoms with Crippen molar-refractivity contribution in [1.29, 1.82) is 0 Å². The third-order valence-electron chi connectivity index (χ3n) is 2.63. The smallest absolute Gasteiger partial charge is 0.0792 e. The van der Waals surface area contributed by atoms with Crippen molar-refractivity contribution in [2.75, 3.05) is 13.7 Å². The molecule has 1 heterocycles. The lowest BCUT2D eigenvalue weighted by Gasteiger charge is -2.29. The SMILES string of the molecule is CCOC(C(C)C)C(NC)c1cscc1Br.